The molecule has 2 aromatic rings. The molecule has 1 atom stereocenters. The molecule has 1 N–H and O–H groups in total. The van der Waals surface area contributed by atoms with Gasteiger partial charge >= 0.3 is 0 Å². The molecule has 1 aliphatic rings. The van der Waals surface area contributed by atoms with Crippen molar-refractivity contribution < 1.29 is 9.15 Å². The average molecular weight is 362 g/mol. The summed E-state index contributed by atoms with van der Waals surface area (Å²) in [6.07, 6.45) is 6.34. The Hall–Kier alpha value is -1.79. The van der Waals surface area contributed by atoms with Crippen LogP contribution in [0.4, 0.5) is 0 Å². The van der Waals surface area contributed by atoms with Crippen molar-refractivity contribution in [1.82, 2.24) is 10.2 Å². The van der Waals surface area contributed by atoms with Crippen molar-refractivity contribution in [3.63, 3.8) is 0 Å². The van der Waals surface area contributed by atoms with Crippen LogP contribution in [0.2, 0.25) is 0 Å². The summed E-state index contributed by atoms with van der Waals surface area (Å²) in [4.78, 5) is 7.00. The third-order valence-electron chi connectivity index (χ3n) is 4.31. The first kappa shape index (κ1) is 18.0. The van der Waals surface area contributed by atoms with Gasteiger partial charge in [-0.1, -0.05) is 0 Å². The highest BCUT2D eigenvalue weighted by molar-refractivity contribution is 7.07. The van der Waals surface area contributed by atoms with Gasteiger partial charge in [0.15, 0.2) is 5.96 Å². The standard InChI is InChI=1S/C19H27N3O2S/c1-22(14-16-8-12-25-15-16)19(20-9-7-17-6-4-11-23-17)21-13-18-5-2-3-10-24-18/h4,6,8,11-12,15,18H,2-3,5,7,9-10,13-14H2,1H3,(H,20,21). The first-order chi connectivity index (χ1) is 12.3. The lowest BCUT2D eigenvalue weighted by atomic mass is 10.1. The van der Waals surface area contributed by atoms with Crippen LogP contribution in [0.15, 0.2) is 44.6 Å². The first-order valence-corrected chi connectivity index (χ1v) is 9.90. The summed E-state index contributed by atoms with van der Waals surface area (Å²) < 4.78 is 11.2. The molecule has 6 heteroatoms. The van der Waals surface area contributed by atoms with Gasteiger partial charge < -0.3 is 19.4 Å². The lowest BCUT2D eigenvalue weighted by Crippen LogP contribution is -2.40. The van der Waals surface area contributed by atoms with E-state index < -0.39 is 0 Å². The highest BCUT2D eigenvalue weighted by atomic mass is 32.1. The van der Waals surface area contributed by atoms with E-state index in [9.17, 15) is 0 Å². The summed E-state index contributed by atoms with van der Waals surface area (Å²) in [5.74, 6) is 1.91. The van der Waals surface area contributed by atoms with Crippen LogP contribution in [0.25, 0.3) is 0 Å². The van der Waals surface area contributed by atoms with Crippen LogP contribution in [0.5, 0.6) is 0 Å². The quantitative estimate of drug-likeness (QED) is 0.605. The molecule has 0 bridgehead atoms. The second-order valence-corrected chi connectivity index (χ2v) is 7.18. The Morgan fingerprint density at radius 3 is 3.08 bits per heavy atom. The molecular weight excluding hydrogens is 334 g/mol. The van der Waals surface area contributed by atoms with E-state index in [-0.39, 0.29) is 6.10 Å². The summed E-state index contributed by atoms with van der Waals surface area (Å²) in [7, 11) is 2.08. The maximum atomic E-state index is 5.81. The van der Waals surface area contributed by atoms with Gasteiger partial charge in [0, 0.05) is 33.2 Å². The molecule has 0 amide bonds. The van der Waals surface area contributed by atoms with Crippen molar-refractivity contribution in [1.29, 1.82) is 0 Å². The van der Waals surface area contributed by atoms with Crippen molar-refractivity contribution >= 4 is 17.3 Å². The predicted molar refractivity (Wildman–Crippen MR) is 102 cm³/mol. The number of rotatable bonds is 7. The average Bonchev–Trinajstić information content (AvgIpc) is 3.32. The fourth-order valence-electron chi connectivity index (χ4n) is 2.93. The normalized spacial score (nSPS) is 18.3. The summed E-state index contributed by atoms with van der Waals surface area (Å²) in [6, 6.07) is 6.09. The third kappa shape index (κ3) is 5.90. The highest BCUT2D eigenvalue weighted by Crippen LogP contribution is 2.13. The molecule has 1 aliphatic heterocycles. The SMILES string of the molecule is CN(Cc1ccsc1)C(=NCC1CCCCO1)NCCc1ccco1. The van der Waals surface area contributed by atoms with Crippen LogP contribution >= 0.6 is 11.3 Å². The number of hydrogen-bond donors (Lipinski definition) is 1. The molecular formula is C19H27N3O2S. The van der Waals surface area contributed by atoms with Crippen molar-refractivity contribution in [3.8, 4) is 0 Å². The minimum absolute atomic E-state index is 0.255. The summed E-state index contributed by atoms with van der Waals surface area (Å²) in [5.41, 5.74) is 1.31. The second kappa shape index (κ2) is 9.63. The maximum Gasteiger partial charge on any atom is 0.194 e. The lowest BCUT2D eigenvalue weighted by Gasteiger charge is -2.25. The molecule has 0 spiro atoms. The van der Waals surface area contributed by atoms with Gasteiger partial charge in [0.2, 0.25) is 0 Å². The minimum Gasteiger partial charge on any atom is -0.469 e. The Bertz CT molecular complexity index is 619. The molecule has 0 radical (unpaired) electrons. The van der Waals surface area contributed by atoms with Gasteiger partial charge in [0.1, 0.15) is 5.76 Å². The molecule has 1 unspecified atom stereocenters. The van der Waals surface area contributed by atoms with Crippen LogP contribution in [0.3, 0.4) is 0 Å². The van der Waals surface area contributed by atoms with Gasteiger partial charge in [-0.15, -0.1) is 0 Å². The number of ether oxygens (including phenoxy) is 1. The Morgan fingerprint density at radius 2 is 2.36 bits per heavy atom. The van der Waals surface area contributed by atoms with Gasteiger partial charge in [-0.3, -0.25) is 4.99 Å². The van der Waals surface area contributed by atoms with E-state index in [4.69, 9.17) is 14.1 Å². The van der Waals surface area contributed by atoms with Gasteiger partial charge in [0.25, 0.3) is 0 Å². The molecule has 1 fully saturated rings. The molecule has 5 nitrogen and oxygen atoms in total. The van der Waals surface area contributed by atoms with E-state index >= 15 is 0 Å². The molecule has 0 aliphatic carbocycles. The molecule has 3 rings (SSSR count). The Labute approximate surface area is 153 Å². The number of aliphatic imine (C=N–C) groups is 1. The van der Waals surface area contributed by atoms with Crippen molar-refractivity contribution in [2.75, 3.05) is 26.7 Å². The number of guanidine groups is 1. The zero-order chi connectivity index (χ0) is 17.3. The van der Waals surface area contributed by atoms with Crippen LogP contribution in [0.1, 0.15) is 30.6 Å². The Kier molecular flexibility index (Phi) is 6.94. The van der Waals surface area contributed by atoms with Crippen LogP contribution in [-0.4, -0.2) is 43.7 Å². The Balaban J connectivity index is 1.57. The number of furan rings is 1. The largest absolute Gasteiger partial charge is 0.469 e. The molecule has 136 valence electrons. The molecule has 0 aromatic carbocycles. The van der Waals surface area contributed by atoms with Crippen molar-refractivity contribution in [2.45, 2.75) is 38.3 Å². The molecule has 2 aromatic heterocycles. The molecule has 25 heavy (non-hydrogen) atoms. The molecule has 0 saturated carbocycles. The summed E-state index contributed by atoms with van der Waals surface area (Å²) in [5, 5.41) is 7.77. The third-order valence-corrected chi connectivity index (χ3v) is 5.05. The van der Waals surface area contributed by atoms with Gasteiger partial charge in [-0.2, -0.15) is 11.3 Å². The fraction of sp³-hybridized carbons (Fsp3) is 0.526. The van der Waals surface area contributed by atoms with Crippen molar-refractivity contribution in [2.24, 2.45) is 4.99 Å². The molecule has 1 saturated heterocycles. The maximum absolute atomic E-state index is 5.81. The zero-order valence-corrected chi connectivity index (χ0v) is 15.6. The van der Waals surface area contributed by atoms with E-state index in [1.165, 1.54) is 18.4 Å². The fourth-order valence-corrected chi connectivity index (χ4v) is 3.59. The van der Waals surface area contributed by atoms with Gasteiger partial charge in [-0.05, 0) is 53.8 Å². The highest BCUT2D eigenvalue weighted by Gasteiger charge is 2.15. The smallest absolute Gasteiger partial charge is 0.194 e. The van der Waals surface area contributed by atoms with E-state index in [0.29, 0.717) is 0 Å². The topological polar surface area (TPSA) is 50.0 Å². The van der Waals surface area contributed by atoms with Crippen LogP contribution in [-0.2, 0) is 17.7 Å². The number of nitrogens with one attached hydrogen (secondary N) is 1. The number of nitrogens with zero attached hydrogens (tertiary/aromatic N) is 2. The van der Waals surface area contributed by atoms with Gasteiger partial charge in [0.05, 0.1) is 18.9 Å². The number of thiophene rings is 1. The monoisotopic (exact) mass is 361 g/mol. The van der Waals surface area contributed by atoms with Crippen LogP contribution in [0, 0.1) is 0 Å². The zero-order valence-electron chi connectivity index (χ0n) is 14.8. The second-order valence-electron chi connectivity index (χ2n) is 6.40. The summed E-state index contributed by atoms with van der Waals surface area (Å²) >= 11 is 1.73. The van der Waals surface area contributed by atoms with E-state index in [2.05, 4.69) is 34.1 Å². The van der Waals surface area contributed by atoms with E-state index in [1.54, 1.807) is 17.6 Å². The van der Waals surface area contributed by atoms with Gasteiger partial charge in [-0.25, -0.2) is 0 Å². The van der Waals surface area contributed by atoms with Crippen molar-refractivity contribution in [3.05, 3.63) is 46.5 Å². The first-order valence-electron chi connectivity index (χ1n) is 8.96. The van der Waals surface area contributed by atoms with E-state index in [1.807, 2.05) is 12.1 Å². The predicted octanol–water partition coefficient (Wildman–Crippen LogP) is 3.53. The summed E-state index contributed by atoms with van der Waals surface area (Å²) in [6.45, 7) is 3.23. The Morgan fingerprint density at radius 1 is 1.40 bits per heavy atom. The lowest BCUT2D eigenvalue weighted by molar-refractivity contribution is 0.0223. The minimum atomic E-state index is 0.255. The number of hydrogen-bond acceptors (Lipinski definition) is 4. The molecule has 3 heterocycles. The van der Waals surface area contributed by atoms with E-state index in [0.717, 1.165) is 50.8 Å². The van der Waals surface area contributed by atoms with Crippen LogP contribution < -0.4 is 5.32 Å².